The molecule has 2 aromatic rings. The van der Waals surface area contributed by atoms with Gasteiger partial charge in [0.2, 0.25) is 5.91 Å². The zero-order chi connectivity index (χ0) is 19.9. The van der Waals surface area contributed by atoms with Crippen LogP contribution in [0.2, 0.25) is 0 Å². The van der Waals surface area contributed by atoms with Crippen molar-refractivity contribution in [1.82, 2.24) is 10.2 Å². The van der Waals surface area contributed by atoms with Crippen LogP contribution in [0.3, 0.4) is 0 Å². The van der Waals surface area contributed by atoms with Crippen LogP contribution < -0.4 is 15.0 Å². The predicted molar refractivity (Wildman–Crippen MR) is 114 cm³/mol. The van der Waals surface area contributed by atoms with Gasteiger partial charge in [0.05, 0.1) is 19.6 Å². The van der Waals surface area contributed by atoms with Crippen molar-refractivity contribution in [1.29, 1.82) is 0 Å². The first-order chi connectivity index (χ1) is 13.6. The Labute approximate surface area is 168 Å². The highest BCUT2D eigenvalue weighted by Crippen LogP contribution is 2.26. The van der Waals surface area contributed by atoms with E-state index in [4.69, 9.17) is 4.74 Å². The van der Waals surface area contributed by atoms with Crippen LogP contribution in [0, 0.1) is 0 Å². The summed E-state index contributed by atoms with van der Waals surface area (Å²) in [7, 11) is 5.74. The number of carbonyl (C=O) groups excluding carboxylic acids is 1. The molecule has 150 valence electrons. The minimum atomic E-state index is 0.0549. The highest BCUT2D eigenvalue weighted by molar-refractivity contribution is 5.78. The van der Waals surface area contributed by atoms with Gasteiger partial charge in [0.25, 0.3) is 0 Å². The van der Waals surface area contributed by atoms with E-state index in [9.17, 15) is 4.79 Å². The lowest BCUT2D eigenvalue weighted by Crippen LogP contribution is -2.37. The highest BCUT2D eigenvalue weighted by atomic mass is 16.5. The molecule has 1 fully saturated rings. The van der Waals surface area contributed by atoms with Crippen molar-refractivity contribution in [3.05, 3.63) is 59.7 Å². The average molecular weight is 382 g/mol. The molecule has 1 saturated heterocycles. The molecule has 1 N–H and O–H groups in total. The topological polar surface area (TPSA) is 44.8 Å². The number of likely N-dealkylation sites (tertiary alicyclic amines) is 1. The first kappa shape index (κ1) is 20.2. The van der Waals surface area contributed by atoms with E-state index in [1.807, 2.05) is 38.4 Å². The van der Waals surface area contributed by atoms with Crippen LogP contribution in [0.5, 0.6) is 5.75 Å². The van der Waals surface area contributed by atoms with Gasteiger partial charge in [0.1, 0.15) is 5.75 Å². The molecule has 1 heterocycles. The lowest BCUT2D eigenvalue weighted by Gasteiger charge is -2.28. The van der Waals surface area contributed by atoms with E-state index in [2.05, 4.69) is 39.4 Å². The number of carbonyl (C=O) groups is 1. The molecule has 1 aliphatic heterocycles. The standard InChI is InChI=1S/C23H31N3O2/c1-25(2)20-10-8-19(9-11-20)22(26-14-4-5-15-26)17-24-23(27)16-18-6-12-21(28-3)13-7-18/h6-13,22H,4-5,14-17H2,1-3H3,(H,24,27)/t22-/m0/s1. The SMILES string of the molecule is COc1ccc(CC(=O)NC[C@@H](c2ccc(N(C)C)cc2)N2CCCC2)cc1. The summed E-state index contributed by atoms with van der Waals surface area (Å²) in [6, 6.07) is 16.6. The summed E-state index contributed by atoms with van der Waals surface area (Å²) in [6.07, 6.45) is 2.84. The number of rotatable bonds is 8. The number of methoxy groups -OCH3 is 1. The first-order valence-electron chi connectivity index (χ1n) is 9.98. The lowest BCUT2D eigenvalue weighted by atomic mass is 10.0. The van der Waals surface area contributed by atoms with Gasteiger partial charge in [0, 0.05) is 26.3 Å². The van der Waals surface area contributed by atoms with Gasteiger partial charge in [-0.25, -0.2) is 0 Å². The summed E-state index contributed by atoms with van der Waals surface area (Å²) in [6.45, 7) is 2.82. The normalized spacial score (nSPS) is 15.2. The number of amides is 1. The minimum absolute atomic E-state index is 0.0549. The molecule has 28 heavy (non-hydrogen) atoms. The monoisotopic (exact) mass is 381 g/mol. The van der Waals surface area contributed by atoms with Crippen molar-refractivity contribution in [2.75, 3.05) is 45.7 Å². The molecule has 1 aliphatic rings. The van der Waals surface area contributed by atoms with Crippen LogP contribution in [-0.2, 0) is 11.2 Å². The summed E-state index contributed by atoms with van der Waals surface area (Å²) in [5.41, 5.74) is 3.44. The van der Waals surface area contributed by atoms with E-state index in [-0.39, 0.29) is 11.9 Å². The van der Waals surface area contributed by atoms with Crippen LogP contribution >= 0.6 is 0 Å². The quantitative estimate of drug-likeness (QED) is 0.762. The molecule has 1 amide bonds. The third-order valence-electron chi connectivity index (χ3n) is 5.39. The number of anilines is 1. The maximum atomic E-state index is 12.5. The smallest absolute Gasteiger partial charge is 0.224 e. The zero-order valence-electron chi connectivity index (χ0n) is 17.1. The second kappa shape index (κ2) is 9.60. The number of nitrogens with one attached hydrogen (secondary N) is 1. The predicted octanol–water partition coefficient (Wildman–Crippen LogP) is 3.26. The van der Waals surface area contributed by atoms with Gasteiger partial charge in [-0.3, -0.25) is 9.69 Å². The maximum absolute atomic E-state index is 12.5. The molecule has 0 saturated carbocycles. The highest BCUT2D eigenvalue weighted by Gasteiger charge is 2.24. The molecule has 5 nitrogen and oxygen atoms in total. The summed E-state index contributed by atoms with van der Waals surface area (Å²) < 4.78 is 5.17. The molecular weight excluding hydrogens is 350 g/mol. The van der Waals surface area contributed by atoms with Crippen LogP contribution in [0.15, 0.2) is 48.5 Å². The Hall–Kier alpha value is -2.53. The number of hydrogen-bond acceptors (Lipinski definition) is 4. The van der Waals surface area contributed by atoms with Gasteiger partial charge in [-0.05, 0) is 61.3 Å². The summed E-state index contributed by atoms with van der Waals surface area (Å²) >= 11 is 0. The Morgan fingerprint density at radius 3 is 2.29 bits per heavy atom. The molecule has 0 aromatic heterocycles. The van der Waals surface area contributed by atoms with E-state index in [0.717, 1.165) is 24.4 Å². The molecule has 1 atom stereocenters. The van der Waals surface area contributed by atoms with Crippen LogP contribution in [0.4, 0.5) is 5.69 Å². The third kappa shape index (κ3) is 5.26. The van der Waals surface area contributed by atoms with Crippen molar-refractivity contribution in [2.24, 2.45) is 0 Å². The molecule has 0 aliphatic carbocycles. The fraction of sp³-hybridized carbons (Fsp3) is 0.435. The van der Waals surface area contributed by atoms with Crippen LogP contribution in [0.1, 0.15) is 30.0 Å². The van der Waals surface area contributed by atoms with Crippen molar-refractivity contribution < 1.29 is 9.53 Å². The number of nitrogens with zero attached hydrogens (tertiary/aromatic N) is 2. The summed E-state index contributed by atoms with van der Waals surface area (Å²) in [5, 5.41) is 3.15. The van der Waals surface area contributed by atoms with E-state index < -0.39 is 0 Å². The Bertz CT molecular complexity index is 750. The van der Waals surface area contributed by atoms with E-state index in [1.54, 1.807) is 7.11 Å². The fourth-order valence-corrected chi connectivity index (χ4v) is 3.71. The van der Waals surface area contributed by atoms with Gasteiger partial charge in [-0.1, -0.05) is 24.3 Å². The molecule has 0 bridgehead atoms. The minimum Gasteiger partial charge on any atom is -0.497 e. The molecular formula is C23H31N3O2. The maximum Gasteiger partial charge on any atom is 0.224 e. The van der Waals surface area contributed by atoms with E-state index in [0.29, 0.717) is 13.0 Å². The Balaban J connectivity index is 1.63. The zero-order valence-corrected chi connectivity index (χ0v) is 17.1. The van der Waals surface area contributed by atoms with Crippen molar-refractivity contribution in [2.45, 2.75) is 25.3 Å². The van der Waals surface area contributed by atoms with E-state index in [1.165, 1.54) is 24.1 Å². The largest absolute Gasteiger partial charge is 0.497 e. The summed E-state index contributed by atoms with van der Waals surface area (Å²) in [4.78, 5) is 17.1. The Kier molecular flexibility index (Phi) is 6.93. The van der Waals surface area contributed by atoms with Gasteiger partial charge in [-0.15, -0.1) is 0 Å². The number of ether oxygens (including phenoxy) is 1. The van der Waals surface area contributed by atoms with Crippen molar-refractivity contribution in [3.63, 3.8) is 0 Å². The molecule has 0 unspecified atom stereocenters. The molecule has 3 rings (SSSR count). The van der Waals surface area contributed by atoms with Gasteiger partial charge in [0.15, 0.2) is 0 Å². The second-order valence-corrected chi connectivity index (χ2v) is 7.57. The molecule has 5 heteroatoms. The van der Waals surface area contributed by atoms with Crippen LogP contribution in [-0.4, -0.2) is 51.6 Å². The van der Waals surface area contributed by atoms with Gasteiger partial charge >= 0.3 is 0 Å². The number of benzene rings is 2. The average Bonchev–Trinajstić information content (AvgIpc) is 3.23. The number of hydrogen-bond donors (Lipinski definition) is 1. The molecule has 2 aromatic carbocycles. The Morgan fingerprint density at radius 1 is 1.07 bits per heavy atom. The third-order valence-corrected chi connectivity index (χ3v) is 5.39. The van der Waals surface area contributed by atoms with Crippen molar-refractivity contribution in [3.8, 4) is 5.75 Å². The molecule has 0 radical (unpaired) electrons. The van der Waals surface area contributed by atoms with Crippen molar-refractivity contribution >= 4 is 11.6 Å². The van der Waals surface area contributed by atoms with E-state index >= 15 is 0 Å². The first-order valence-corrected chi connectivity index (χ1v) is 9.98. The second-order valence-electron chi connectivity index (χ2n) is 7.57. The van der Waals surface area contributed by atoms with Gasteiger partial charge < -0.3 is 15.0 Å². The van der Waals surface area contributed by atoms with Gasteiger partial charge in [-0.2, -0.15) is 0 Å². The lowest BCUT2D eigenvalue weighted by molar-refractivity contribution is -0.120. The summed E-state index contributed by atoms with van der Waals surface area (Å²) in [5.74, 6) is 0.860. The molecule has 0 spiro atoms. The van der Waals surface area contributed by atoms with Crippen LogP contribution in [0.25, 0.3) is 0 Å². The Morgan fingerprint density at radius 2 is 1.71 bits per heavy atom. The fourth-order valence-electron chi connectivity index (χ4n) is 3.71.